The van der Waals surface area contributed by atoms with E-state index in [0.717, 1.165) is 7.11 Å². The lowest BCUT2D eigenvalue weighted by molar-refractivity contribution is -0.763. The molecule has 160 valence electrons. The van der Waals surface area contributed by atoms with E-state index in [4.69, 9.17) is 10.5 Å². The summed E-state index contributed by atoms with van der Waals surface area (Å²) in [5, 5.41) is 19.0. The Morgan fingerprint density at radius 3 is 2.38 bits per heavy atom. The van der Waals surface area contributed by atoms with Crippen LogP contribution in [-0.4, -0.2) is 40.9 Å². The van der Waals surface area contributed by atoms with Gasteiger partial charge in [-0.1, -0.05) is 32.0 Å². The molecule has 0 aliphatic heterocycles. The summed E-state index contributed by atoms with van der Waals surface area (Å²) >= 11 is 0. The second-order valence-electron chi connectivity index (χ2n) is 6.69. The Balaban J connectivity index is 3.24. The molecule has 0 bridgehead atoms. The number of esters is 2. The van der Waals surface area contributed by atoms with Gasteiger partial charge in [-0.05, 0) is 30.4 Å². The number of rotatable bonds is 11. The van der Waals surface area contributed by atoms with Crippen LogP contribution in [0.2, 0.25) is 0 Å². The van der Waals surface area contributed by atoms with E-state index < -0.39 is 41.2 Å². The van der Waals surface area contributed by atoms with Gasteiger partial charge in [0.2, 0.25) is 0 Å². The lowest BCUT2D eigenvalue weighted by atomic mass is 9.88. The van der Waals surface area contributed by atoms with E-state index in [0.29, 0.717) is 6.42 Å². The van der Waals surface area contributed by atoms with Gasteiger partial charge in [-0.3, -0.25) is 10.5 Å². The number of hydrogen-bond donors (Lipinski definition) is 2. The third-order valence-corrected chi connectivity index (χ3v) is 4.18. The molecular formula is C18H24N2O9. The van der Waals surface area contributed by atoms with Crippen LogP contribution >= 0.6 is 0 Å². The van der Waals surface area contributed by atoms with Gasteiger partial charge in [-0.25, -0.2) is 9.59 Å². The molecular weight excluding hydrogens is 388 g/mol. The minimum Gasteiger partial charge on any atom is -0.481 e. The van der Waals surface area contributed by atoms with E-state index in [1.54, 1.807) is 0 Å². The number of ether oxygens (including phenoxy) is 2. The molecule has 0 radical (unpaired) electrons. The SMILES string of the molecule is COC(=O)C(N)(OC(=O)c1ccccc1CO[N+](=O)[O-])C(CCC(C)C)C(=O)O. The van der Waals surface area contributed by atoms with E-state index in [9.17, 15) is 29.6 Å². The molecule has 0 saturated heterocycles. The maximum absolute atomic E-state index is 12.7. The normalized spacial score (nSPS) is 13.8. The number of carboxylic acids is 1. The highest BCUT2D eigenvalue weighted by molar-refractivity contribution is 5.95. The molecule has 0 saturated carbocycles. The number of nitrogens with zero attached hydrogens (tertiary/aromatic N) is 1. The average Bonchev–Trinajstić information content (AvgIpc) is 2.65. The van der Waals surface area contributed by atoms with E-state index in [2.05, 4.69) is 9.57 Å². The Labute approximate surface area is 166 Å². The highest BCUT2D eigenvalue weighted by Gasteiger charge is 2.51. The van der Waals surface area contributed by atoms with Crippen molar-refractivity contribution in [2.75, 3.05) is 7.11 Å². The van der Waals surface area contributed by atoms with Gasteiger partial charge in [0, 0.05) is 0 Å². The molecule has 2 unspecified atom stereocenters. The van der Waals surface area contributed by atoms with Crippen molar-refractivity contribution in [1.29, 1.82) is 0 Å². The summed E-state index contributed by atoms with van der Waals surface area (Å²) in [6.45, 7) is 3.16. The minimum absolute atomic E-state index is 0.0437. The molecule has 0 heterocycles. The van der Waals surface area contributed by atoms with Gasteiger partial charge in [0.25, 0.3) is 10.8 Å². The number of benzene rings is 1. The highest BCUT2D eigenvalue weighted by Crippen LogP contribution is 2.27. The van der Waals surface area contributed by atoms with Crippen LogP contribution in [0.1, 0.15) is 42.6 Å². The largest absolute Gasteiger partial charge is 0.481 e. The molecule has 1 aromatic carbocycles. The fourth-order valence-electron chi connectivity index (χ4n) is 2.61. The topological polar surface area (TPSA) is 168 Å². The molecule has 0 aliphatic rings. The molecule has 11 nitrogen and oxygen atoms in total. The number of aliphatic carboxylic acids is 1. The zero-order chi connectivity index (χ0) is 22.2. The molecule has 29 heavy (non-hydrogen) atoms. The number of carbonyl (C=O) groups is 3. The monoisotopic (exact) mass is 412 g/mol. The number of carbonyl (C=O) groups excluding carboxylic acids is 2. The van der Waals surface area contributed by atoms with Crippen molar-refractivity contribution in [2.24, 2.45) is 17.6 Å². The third-order valence-electron chi connectivity index (χ3n) is 4.18. The zero-order valence-corrected chi connectivity index (χ0v) is 16.3. The van der Waals surface area contributed by atoms with Gasteiger partial charge in [0.1, 0.15) is 12.5 Å². The molecule has 0 aliphatic carbocycles. The Bertz CT molecular complexity index is 765. The van der Waals surface area contributed by atoms with Crippen LogP contribution in [0, 0.1) is 22.0 Å². The van der Waals surface area contributed by atoms with Crippen molar-refractivity contribution in [2.45, 2.75) is 39.0 Å². The van der Waals surface area contributed by atoms with Crippen molar-refractivity contribution in [3.8, 4) is 0 Å². The lowest BCUT2D eigenvalue weighted by Gasteiger charge is -2.32. The van der Waals surface area contributed by atoms with E-state index in [-0.39, 0.29) is 23.5 Å². The van der Waals surface area contributed by atoms with Gasteiger partial charge >= 0.3 is 17.9 Å². The molecule has 0 aromatic heterocycles. The Morgan fingerprint density at radius 1 is 1.24 bits per heavy atom. The van der Waals surface area contributed by atoms with Crippen LogP contribution < -0.4 is 5.73 Å². The number of nitrogens with two attached hydrogens (primary N) is 1. The van der Waals surface area contributed by atoms with Crippen LogP contribution in [0.15, 0.2) is 24.3 Å². The Kier molecular flexibility index (Phi) is 8.52. The molecule has 1 rings (SSSR count). The van der Waals surface area contributed by atoms with E-state index >= 15 is 0 Å². The first-order chi connectivity index (χ1) is 13.5. The van der Waals surface area contributed by atoms with Crippen molar-refractivity contribution in [1.82, 2.24) is 0 Å². The fraction of sp³-hybridized carbons (Fsp3) is 0.500. The van der Waals surface area contributed by atoms with Crippen molar-refractivity contribution in [3.63, 3.8) is 0 Å². The molecule has 0 fully saturated rings. The quantitative estimate of drug-likeness (QED) is 0.235. The van der Waals surface area contributed by atoms with Gasteiger partial charge < -0.3 is 19.4 Å². The maximum Gasteiger partial charge on any atom is 0.366 e. The van der Waals surface area contributed by atoms with Crippen LogP contribution in [0.3, 0.4) is 0 Å². The molecule has 1 aromatic rings. The van der Waals surface area contributed by atoms with E-state index in [1.165, 1.54) is 24.3 Å². The number of methoxy groups -OCH3 is 1. The number of carboxylic acid groups (broad SMARTS) is 1. The lowest BCUT2D eigenvalue weighted by Crippen LogP contribution is -2.60. The van der Waals surface area contributed by atoms with Crippen molar-refractivity contribution < 1.29 is 38.9 Å². The van der Waals surface area contributed by atoms with Crippen LogP contribution in [0.25, 0.3) is 0 Å². The predicted molar refractivity (Wildman–Crippen MR) is 97.8 cm³/mol. The second kappa shape index (κ2) is 10.4. The summed E-state index contributed by atoms with van der Waals surface area (Å²) < 4.78 is 9.72. The fourth-order valence-corrected chi connectivity index (χ4v) is 2.61. The molecule has 11 heteroatoms. The maximum atomic E-state index is 12.7. The van der Waals surface area contributed by atoms with Gasteiger partial charge in [-0.15, -0.1) is 10.1 Å². The summed E-state index contributed by atoms with van der Waals surface area (Å²) in [5.74, 6) is -5.27. The van der Waals surface area contributed by atoms with Crippen molar-refractivity contribution >= 4 is 17.9 Å². The van der Waals surface area contributed by atoms with Gasteiger partial charge in [0.05, 0.1) is 12.7 Å². The Hall–Kier alpha value is -3.21. The Morgan fingerprint density at radius 2 is 1.86 bits per heavy atom. The van der Waals surface area contributed by atoms with Crippen molar-refractivity contribution in [3.05, 3.63) is 45.5 Å². The molecule has 2 atom stereocenters. The number of hydrogen-bond acceptors (Lipinski definition) is 9. The first-order valence-electron chi connectivity index (χ1n) is 8.71. The smallest absolute Gasteiger partial charge is 0.366 e. The van der Waals surface area contributed by atoms with Crippen LogP contribution in [0.5, 0.6) is 0 Å². The molecule has 3 N–H and O–H groups in total. The third kappa shape index (κ3) is 6.42. The second-order valence-corrected chi connectivity index (χ2v) is 6.69. The predicted octanol–water partition coefficient (Wildman–Crippen LogP) is 1.52. The summed E-state index contributed by atoms with van der Waals surface area (Å²) in [4.78, 5) is 51.4. The summed E-state index contributed by atoms with van der Waals surface area (Å²) in [7, 11) is 0.984. The highest BCUT2D eigenvalue weighted by atomic mass is 16.9. The first kappa shape index (κ1) is 23.8. The summed E-state index contributed by atoms with van der Waals surface area (Å²) in [6, 6.07) is 5.62. The first-order valence-corrected chi connectivity index (χ1v) is 8.71. The van der Waals surface area contributed by atoms with Crippen LogP contribution in [0.4, 0.5) is 0 Å². The van der Waals surface area contributed by atoms with Gasteiger partial charge in [0.15, 0.2) is 0 Å². The van der Waals surface area contributed by atoms with E-state index in [1.807, 2.05) is 13.8 Å². The summed E-state index contributed by atoms with van der Waals surface area (Å²) in [6.07, 6.45) is 0.357. The summed E-state index contributed by atoms with van der Waals surface area (Å²) in [5.41, 5.74) is 3.29. The van der Waals surface area contributed by atoms with Crippen LogP contribution in [-0.2, 0) is 30.5 Å². The zero-order valence-electron chi connectivity index (χ0n) is 16.3. The standard InChI is InChI=1S/C18H24N2O9/c1-11(2)8-9-14(15(21)22)18(19,17(24)27-3)29-16(23)13-7-5-4-6-12(13)10-28-20(25)26/h4-7,11,14H,8-10,19H2,1-3H3,(H,21,22). The average molecular weight is 412 g/mol. The molecule has 0 spiro atoms. The minimum atomic E-state index is -2.59. The van der Waals surface area contributed by atoms with Gasteiger partial charge in [-0.2, -0.15) is 0 Å². The molecule has 0 amide bonds.